The summed E-state index contributed by atoms with van der Waals surface area (Å²) in [6, 6.07) is 8.64. The summed E-state index contributed by atoms with van der Waals surface area (Å²) in [4.78, 5) is 12.3. The molecule has 11 heteroatoms. The SMILES string of the molecule is CS(=O)(=O)N(CC(=O)NCc1ccc2c(c1)OCO2)c1ccc(C(F)(F)F)cc1. The Balaban J connectivity index is 1.68. The Bertz CT molecular complexity index is 1010. The maximum absolute atomic E-state index is 12.7. The molecule has 2 aromatic rings. The van der Waals surface area contributed by atoms with Crippen molar-refractivity contribution in [1.29, 1.82) is 0 Å². The molecule has 0 fully saturated rings. The van der Waals surface area contributed by atoms with Gasteiger partial charge in [0.15, 0.2) is 11.5 Å². The zero-order chi connectivity index (χ0) is 21.2. The van der Waals surface area contributed by atoms with Crippen LogP contribution in [0, 0.1) is 0 Å². The highest BCUT2D eigenvalue weighted by Crippen LogP contribution is 2.32. The molecule has 1 heterocycles. The highest BCUT2D eigenvalue weighted by Gasteiger charge is 2.31. The summed E-state index contributed by atoms with van der Waals surface area (Å²) in [5.41, 5.74) is -0.247. The van der Waals surface area contributed by atoms with Crippen molar-refractivity contribution < 1.29 is 35.9 Å². The summed E-state index contributed by atoms with van der Waals surface area (Å²) in [5, 5.41) is 2.58. The highest BCUT2D eigenvalue weighted by atomic mass is 32.2. The molecule has 0 saturated heterocycles. The highest BCUT2D eigenvalue weighted by molar-refractivity contribution is 7.92. The molecule has 0 aromatic heterocycles. The minimum atomic E-state index is -4.55. The molecule has 1 aliphatic heterocycles. The van der Waals surface area contributed by atoms with Crippen molar-refractivity contribution in [3.05, 3.63) is 53.6 Å². The molecule has 156 valence electrons. The number of alkyl halides is 3. The van der Waals surface area contributed by atoms with E-state index < -0.39 is 34.2 Å². The van der Waals surface area contributed by atoms with E-state index in [1.54, 1.807) is 18.2 Å². The summed E-state index contributed by atoms with van der Waals surface area (Å²) < 4.78 is 73.4. The third-order valence-corrected chi connectivity index (χ3v) is 5.24. The number of carbonyl (C=O) groups is 1. The van der Waals surface area contributed by atoms with E-state index in [9.17, 15) is 26.4 Å². The number of ether oxygens (including phenoxy) is 2. The predicted molar refractivity (Wildman–Crippen MR) is 98.0 cm³/mol. The first-order valence-corrected chi connectivity index (χ1v) is 10.2. The van der Waals surface area contributed by atoms with Crippen LogP contribution < -0.4 is 19.1 Å². The number of halogens is 3. The van der Waals surface area contributed by atoms with Gasteiger partial charge < -0.3 is 14.8 Å². The van der Waals surface area contributed by atoms with E-state index >= 15 is 0 Å². The summed E-state index contributed by atoms with van der Waals surface area (Å²) in [6.45, 7) is -0.351. The van der Waals surface area contributed by atoms with Crippen molar-refractivity contribution >= 4 is 21.6 Å². The lowest BCUT2D eigenvalue weighted by Gasteiger charge is -2.22. The van der Waals surface area contributed by atoms with E-state index in [-0.39, 0.29) is 19.0 Å². The van der Waals surface area contributed by atoms with E-state index in [2.05, 4.69) is 5.32 Å². The average molecular weight is 430 g/mol. The number of hydrogen-bond acceptors (Lipinski definition) is 5. The molecule has 0 atom stereocenters. The van der Waals surface area contributed by atoms with Gasteiger partial charge in [0.1, 0.15) is 6.54 Å². The Hall–Kier alpha value is -2.95. The van der Waals surface area contributed by atoms with Crippen LogP contribution in [0.3, 0.4) is 0 Å². The number of carbonyl (C=O) groups excluding carboxylic acids is 1. The van der Waals surface area contributed by atoms with Crippen LogP contribution in [0.15, 0.2) is 42.5 Å². The second-order valence-electron chi connectivity index (χ2n) is 6.28. The first kappa shape index (κ1) is 20.8. The lowest BCUT2D eigenvalue weighted by atomic mass is 10.2. The molecule has 0 aliphatic carbocycles. The third kappa shape index (κ3) is 5.11. The molecule has 0 saturated carbocycles. The minimum Gasteiger partial charge on any atom is -0.454 e. The standard InChI is InChI=1S/C18H17F3N2O5S/c1-29(25,26)23(14-5-3-13(4-6-14)18(19,20)21)10-17(24)22-9-12-2-7-15-16(8-12)28-11-27-15/h2-8H,9-11H2,1H3,(H,22,24). The topological polar surface area (TPSA) is 84.9 Å². The van der Waals surface area contributed by atoms with Crippen molar-refractivity contribution in [3.8, 4) is 11.5 Å². The Labute approximate surface area is 165 Å². The zero-order valence-corrected chi connectivity index (χ0v) is 16.0. The van der Waals surface area contributed by atoms with Gasteiger partial charge >= 0.3 is 6.18 Å². The van der Waals surface area contributed by atoms with E-state index in [1.807, 2.05) is 0 Å². The normalized spacial score (nSPS) is 13.2. The number of hydrogen-bond donors (Lipinski definition) is 1. The molecular formula is C18H17F3N2O5S. The Morgan fingerprint density at radius 2 is 1.76 bits per heavy atom. The fraction of sp³-hybridized carbons (Fsp3) is 0.278. The van der Waals surface area contributed by atoms with E-state index in [1.165, 1.54) is 0 Å². The van der Waals surface area contributed by atoms with E-state index in [0.717, 1.165) is 34.8 Å². The van der Waals surface area contributed by atoms with Gasteiger partial charge in [0.25, 0.3) is 0 Å². The molecule has 0 bridgehead atoms. The second kappa shape index (κ2) is 7.82. The zero-order valence-electron chi connectivity index (χ0n) is 15.2. The molecule has 0 unspecified atom stereocenters. The van der Waals surface area contributed by atoms with Crippen molar-refractivity contribution in [3.63, 3.8) is 0 Å². The van der Waals surface area contributed by atoms with E-state index in [4.69, 9.17) is 9.47 Å². The van der Waals surface area contributed by atoms with Gasteiger partial charge in [0.05, 0.1) is 17.5 Å². The monoisotopic (exact) mass is 430 g/mol. The molecule has 2 aromatic carbocycles. The van der Waals surface area contributed by atoms with Crippen LogP contribution in [0.2, 0.25) is 0 Å². The lowest BCUT2D eigenvalue weighted by molar-refractivity contribution is -0.137. The molecule has 0 spiro atoms. The molecule has 0 radical (unpaired) electrons. The number of rotatable bonds is 6. The quantitative estimate of drug-likeness (QED) is 0.761. The van der Waals surface area contributed by atoms with Crippen molar-refractivity contribution in [2.75, 3.05) is 23.9 Å². The largest absolute Gasteiger partial charge is 0.454 e. The van der Waals surface area contributed by atoms with Gasteiger partial charge in [-0.05, 0) is 42.0 Å². The first-order valence-electron chi connectivity index (χ1n) is 8.34. The molecule has 7 nitrogen and oxygen atoms in total. The predicted octanol–water partition coefficient (Wildman–Crippen LogP) is 2.52. The van der Waals surface area contributed by atoms with Crippen molar-refractivity contribution in [2.24, 2.45) is 0 Å². The lowest BCUT2D eigenvalue weighted by Crippen LogP contribution is -2.40. The third-order valence-electron chi connectivity index (χ3n) is 4.10. The number of amides is 1. The summed E-state index contributed by atoms with van der Waals surface area (Å²) in [6.07, 6.45) is -3.67. The van der Waals surface area contributed by atoms with Gasteiger partial charge in [-0.25, -0.2) is 8.42 Å². The van der Waals surface area contributed by atoms with Crippen LogP contribution in [-0.4, -0.2) is 33.9 Å². The smallest absolute Gasteiger partial charge is 0.416 e. The first-order chi connectivity index (χ1) is 13.5. The molecule has 1 amide bonds. The van der Waals surface area contributed by atoms with Crippen LogP contribution in [0.1, 0.15) is 11.1 Å². The summed E-state index contributed by atoms with van der Waals surface area (Å²) >= 11 is 0. The number of anilines is 1. The van der Waals surface area contributed by atoms with Crippen LogP contribution in [-0.2, 0) is 27.5 Å². The van der Waals surface area contributed by atoms with Crippen LogP contribution >= 0.6 is 0 Å². The van der Waals surface area contributed by atoms with Crippen molar-refractivity contribution in [2.45, 2.75) is 12.7 Å². The van der Waals surface area contributed by atoms with E-state index in [0.29, 0.717) is 17.1 Å². The molecule has 29 heavy (non-hydrogen) atoms. The summed E-state index contributed by atoms with van der Waals surface area (Å²) in [7, 11) is -3.90. The Morgan fingerprint density at radius 3 is 2.38 bits per heavy atom. The molecule has 1 aliphatic rings. The fourth-order valence-electron chi connectivity index (χ4n) is 2.65. The Morgan fingerprint density at radius 1 is 1.10 bits per heavy atom. The number of sulfonamides is 1. The number of nitrogens with zero attached hydrogens (tertiary/aromatic N) is 1. The van der Waals surface area contributed by atoms with Gasteiger partial charge in [-0.2, -0.15) is 13.2 Å². The van der Waals surface area contributed by atoms with Gasteiger partial charge in [-0.3, -0.25) is 9.10 Å². The second-order valence-corrected chi connectivity index (χ2v) is 8.19. The maximum atomic E-state index is 12.7. The maximum Gasteiger partial charge on any atom is 0.416 e. The van der Waals surface area contributed by atoms with Crippen LogP contribution in [0.25, 0.3) is 0 Å². The van der Waals surface area contributed by atoms with Crippen LogP contribution in [0.5, 0.6) is 11.5 Å². The van der Waals surface area contributed by atoms with Gasteiger partial charge in [0, 0.05) is 6.54 Å². The molecule has 1 N–H and O–H groups in total. The number of fused-ring (bicyclic) bond motifs is 1. The van der Waals surface area contributed by atoms with Crippen LogP contribution in [0.4, 0.5) is 18.9 Å². The number of benzene rings is 2. The van der Waals surface area contributed by atoms with Crippen molar-refractivity contribution in [1.82, 2.24) is 5.32 Å². The fourth-order valence-corrected chi connectivity index (χ4v) is 3.51. The van der Waals surface area contributed by atoms with Gasteiger partial charge in [0.2, 0.25) is 22.7 Å². The van der Waals surface area contributed by atoms with Gasteiger partial charge in [-0.15, -0.1) is 0 Å². The van der Waals surface area contributed by atoms with Gasteiger partial charge in [-0.1, -0.05) is 6.07 Å². The summed E-state index contributed by atoms with van der Waals surface area (Å²) in [5.74, 6) is 0.512. The molecule has 3 rings (SSSR count). The molecular weight excluding hydrogens is 413 g/mol. The minimum absolute atomic E-state index is 0.0428. The number of nitrogens with one attached hydrogen (secondary N) is 1. The average Bonchev–Trinajstić information content (AvgIpc) is 3.11. The Kier molecular flexibility index (Phi) is 5.60.